The van der Waals surface area contributed by atoms with Gasteiger partial charge in [-0.25, -0.2) is 0 Å². The van der Waals surface area contributed by atoms with Gasteiger partial charge in [-0.15, -0.1) is 0 Å². The molecule has 20 heavy (non-hydrogen) atoms. The fourth-order valence-corrected chi connectivity index (χ4v) is 2.63. The summed E-state index contributed by atoms with van der Waals surface area (Å²) in [5.41, 5.74) is 1.95. The molecular weight excluding hydrogens is 338 g/mol. The van der Waals surface area contributed by atoms with Crippen LogP contribution in [-0.4, -0.2) is 10.8 Å². The molecule has 2 nitrogen and oxygen atoms in total. The van der Waals surface area contributed by atoms with Gasteiger partial charge in [0.25, 0.3) is 0 Å². The summed E-state index contributed by atoms with van der Waals surface area (Å²) in [7, 11) is 0. The van der Waals surface area contributed by atoms with Crippen molar-refractivity contribution in [2.75, 3.05) is 0 Å². The van der Waals surface area contributed by atoms with Crippen molar-refractivity contribution >= 4 is 44.2 Å². The lowest BCUT2D eigenvalue weighted by Gasteiger charge is -2.05. The molecule has 98 valence electrons. The Bertz CT molecular complexity index is 816. The zero-order valence-corrected chi connectivity index (χ0v) is 12.6. The van der Waals surface area contributed by atoms with Crippen molar-refractivity contribution in [3.63, 3.8) is 0 Å². The van der Waals surface area contributed by atoms with E-state index in [2.05, 4.69) is 20.9 Å². The predicted octanol–water partition coefficient (Wildman–Crippen LogP) is 4.88. The van der Waals surface area contributed by atoms with Crippen LogP contribution < -0.4 is 0 Å². The van der Waals surface area contributed by atoms with E-state index in [9.17, 15) is 4.79 Å². The molecule has 0 aliphatic heterocycles. The van der Waals surface area contributed by atoms with Crippen LogP contribution in [0.4, 0.5) is 0 Å². The highest BCUT2D eigenvalue weighted by Gasteiger charge is 2.13. The van der Waals surface area contributed by atoms with Gasteiger partial charge in [-0.1, -0.05) is 45.7 Å². The Hall–Kier alpha value is -1.71. The number of nitrogens with zero attached hydrogens (tertiary/aromatic N) is 1. The zero-order valence-electron chi connectivity index (χ0n) is 10.3. The largest absolute Gasteiger partial charge is 0.289 e. The van der Waals surface area contributed by atoms with Crippen molar-refractivity contribution in [2.45, 2.75) is 0 Å². The first-order chi connectivity index (χ1) is 9.65. The third-order valence-corrected chi connectivity index (χ3v) is 3.97. The first-order valence-corrected chi connectivity index (χ1v) is 7.17. The van der Waals surface area contributed by atoms with E-state index < -0.39 is 0 Å². The predicted molar refractivity (Wildman–Crippen MR) is 84.3 cm³/mol. The maximum absolute atomic E-state index is 12.5. The van der Waals surface area contributed by atoms with E-state index in [1.807, 2.05) is 18.2 Å². The molecule has 1 aromatic heterocycles. The number of aromatic nitrogens is 1. The van der Waals surface area contributed by atoms with E-state index in [0.29, 0.717) is 16.1 Å². The monoisotopic (exact) mass is 345 g/mol. The van der Waals surface area contributed by atoms with Gasteiger partial charge in [0.15, 0.2) is 5.78 Å². The van der Waals surface area contributed by atoms with Crippen LogP contribution >= 0.6 is 27.5 Å². The molecule has 0 N–H and O–H groups in total. The molecule has 3 aromatic rings. The van der Waals surface area contributed by atoms with Crippen LogP contribution in [0.1, 0.15) is 15.9 Å². The Balaban J connectivity index is 2.10. The normalized spacial score (nSPS) is 10.7. The number of fused-ring (bicyclic) bond motifs is 1. The average molecular weight is 347 g/mol. The number of pyridine rings is 1. The summed E-state index contributed by atoms with van der Waals surface area (Å²) in [5, 5.41) is 1.55. The third kappa shape index (κ3) is 2.47. The van der Waals surface area contributed by atoms with Gasteiger partial charge in [-0.2, -0.15) is 0 Å². The zero-order chi connectivity index (χ0) is 14.1. The molecule has 0 saturated heterocycles. The number of hydrogen-bond donors (Lipinski definition) is 0. The Morgan fingerprint density at radius 3 is 2.80 bits per heavy atom. The lowest BCUT2D eigenvalue weighted by Crippen LogP contribution is -2.02. The summed E-state index contributed by atoms with van der Waals surface area (Å²) in [6, 6.07) is 14.5. The molecule has 0 atom stereocenters. The SMILES string of the molecule is O=C(c1ccc2cccnc2c1)c1cc(Cl)ccc1Br. The lowest BCUT2D eigenvalue weighted by atomic mass is 10.0. The van der Waals surface area contributed by atoms with Crippen molar-refractivity contribution in [1.29, 1.82) is 0 Å². The van der Waals surface area contributed by atoms with Crippen molar-refractivity contribution < 1.29 is 4.79 Å². The van der Waals surface area contributed by atoms with Crippen LogP contribution in [0.3, 0.4) is 0 Å². The van der Waals surface area contributed by atoms with Crippen molar-refractivity contribution in [2.24, 2.45) is 0 Å². The van der Waals surface area contributed by atoms with Crippen molar-refractivity contribution in [3.8, 4) is 0 Å². The highest BCUT2D eigenvalue weighted by Crippen LogP contribution is 2.25. The van der Waals surface area contributed by atoms with Gasteiger partial charge < -0.3 is 0 Å². The average Bonchev–Trinajstić information content (AvgIpc) is 2.48. The summed E-state index contributed by atoms with van der Waals surface area (Å²) in [6.07, 6.45) is 1.71. The quantitative estimate of drug-likeness (QED) is 0.619. The maximum Gasteiger partial charge on any atom is 0.194 e. The van der Waals surface area contributed by atoms with Gasteiger partial charge in [0, 0.05) is 32.2 Å². The number of carbonyl (C=O) groups excluding carboxylic acids is 1. The molecule has 0 bridgehead atoms. The minimum atomic E-state index is -0.0769. The minimum Gasteiger partial charge on any atom is -0.289 e. The first-order valence-electron chi connectivity index (χ1n) is 6.00. The topological polar surface area (TPSA) is 30.0 Å². The van der Waals surface area contributed by atoms with Gasteiger partial charge in [-0.3, -0.25) is 9.78 Å². The van der Waals surface area contributed by atoms with Crippen LogP contribution in [0.2, 0.25) is 5.02 Å². The summed E-state index contributed by atoms with van der Waals surface area (Å²) in [6.45, 7) is 0. The summed E-state index contributed by atoms with van der Waals surface area (Å²) < 4.78 is 0.730. The molecule has 0 amide bonds. The van der Waals surface area contributed by atoms with Crippen LogP contribution in [0.25, 0.3) is 10.9 Å². The molecule has 0 radical (unpaired) electrons. The van der Waals surface area contributed by atoms with E-state index in [4.69, 9.17) is 11.6 Å². The Labute approximate surface area is 129 Å². The van der Waals surface area contributed by atoms with E-state index in [1.54, 1.807) is 36.5 Å². The fraction of sp³-hybridized carbons (Fsp3) is 0. The third-order valence-electron chi connectivity index (χ3n) is 3.04. The second-order valence-electron chi connectivity index (χ2n) is 4.36. The maximum atomic E-state index is 12.5. The smallest absolute Gasteiger partial charge is 0.194 e. The van der Waals surface area contributed by atoms with E-state index >= 15 is 0 Å². The summed E-state index contributed by atoms with van der Waals surface area (Å²) in [4.78, 5) is 16.8. The lowest BCUT2D eigenvalue weighted by molar-refractivity contribution is 0.103. The standard InChI is InChI=1S/C16H9BrClNO/c17-14-6-5-12(18)9-13(14)16(20)11-4-3-10-2-1-7-19-15(10)8-11/h1-9H. The van der Waals surface area contributed by atoms with Gasteiger partial charge in [0.1, 0.15) is 0 Å². The number of carbonyl (C=O) groups is 1. The number of hydrogen-bond acceptors (Lipinski definition) is 2. The van der Waals surface area contributed by atoms with Crippen LogP contribution in [0.5, 0.6) is 0 Å². The molecule has 3 rings (SSSR count). The minimum absolute atomic E-state index is 0.0769. The highest BCUT2D eigenvalue weighted by molar-refractivity contribution is 9.10. The number of benzene rings is 2. The number of ketones is 1. The summed E-state index contributed by atoms with van der Waals surface area (Å²) in [5.74, 6) is -0.0769. The molecule has 1 heterocycles. The van der Waals surface area contributed by atoms with Gasteiger partial charge in [-0.05, 0) is 30.3 Å². The molecular formula is C16H9BrClNO. The highest BCUT2D eigenvalue weighted by atomic mass is 79.9. The van der Waals surface area contributed by atoms with Gasteiger partial charge in [0.2, 0.25) is 0 Å². The Kier molecular flexibility index (Phi) is 3.55. The molecule has 2 aromatic carbocycles. The molecule has 0 spiro atoms. The fourth-order valence-electron chi connectivity index (χ4n) is 2.03. The van der Waals surface area contributed by atoms with E-state index in [-0.39, 0.29) is 5.78 Å². The second kappa shape index (κ2) is 5.35. The number of halogens is 2. The molecule has 0 aliphatic carbocycles. The van der Waals surface area contributed by atoms with Gasteiger partial charge in [0.05, 0.1) is 5.52 Å². The first kappa shape index (κ1) is 13.3. The summed E-state index contributed by atoms with van der Waals surface area (Å²) >= 11 is 9.34. The Morgan fingerprint density at radius 1 is 1.10 bits per heavy atom. The molecule has 0 saturated carbocycles. The Morgan fingerprint density at radius 2 is 1.95 bits per heavy atom. The van der Waals surface area contributed by atoms with Gasteiger partial charge >= 0.3 is 0 Å². The van der Waals surface area contributed by atoms with E-state index in [1.165, 1.54) is 0 Å². The van der Waals surface area contributed by atoms with Crippen LogP contribution in [-0.2, 0) is 0 Å². The van der Waals surface area contributed by atoms with Crippen LogP contribution in [0, 0.1) is 0 Å². The van der Waals surface area contributed by atoms with Crippen molar-refractivity contribution in [3.05, 3.63) is 75.4 Å². The number of rotatable bonds is 2. The van der Waals surface area contributed by atoms with E-state index in [0.717, 1.165) is 15.4 Å². The van der Waals surface area contributed by atoms with Crippen molar-refractivity contribution in [1.82, 2.24) is 4.98 Å². The second-order valence-corrected chi connectivity index (χ2v) is 5.65. The molecule has 4 heteroatoms. The molecule has 0 unspecified atom stereocenters. The van der Waals surface area contributed by atoms with Crippen LogP contribution in [0.15, 0.2) is 59.2 Å². The molecule has 0 aliphatic rings. The molecule has 0 fully saturated rings.